The molecule has 0 aliphatic carbocycles. The predicted octanol–water partition coefficient (Wildman–Crippen LogP) is 1.61. The van der Waals surface area contributed by atoms with Crippen LogP contribution in [0.4, 0.5) is 0 Å². The molecule has 2 atom stereocenters. The standard InChI is InChI=1S/C9H18N2/c1-4-8-9(5-2)11-7(3)6-10-8/h7-8,10H,4-6H2,1-3H3/t7-,8+/m0/s1. The molecule has 2 heteroatoms. The van der Waals surface area contributed by atoms with E-state index in [9.17, 15) is 0 Å². The summed E-state index contributed by atoms with van der Waals surface area (Å²) in [7, 11) is 0. The van der Waals surface area contributed by atoms with Crippen LogP contribution in [0.2, 0.25) is 0 Å². The largest absolute Gasteiger partial charge is 0.307 e. The van der Waals surface area contributed by atoms with E-state index in [1.54, 1.807) is 0 Å². The highest BCUT2D eigenvalue weighted by Crippen LogP contribution is 2.07. The van der Waals surface area contributed by atoms with E-state index in [2.05, 4.69) is 31.1 Å². The summed E-state index contributed by atoms with van der Waals surface area (Å²) in [5, 5.41) is 3.49. The van der Waals surface area contributed by atoms with Crippen molar-refractivity contribution in [3.8, 4) is 0 Å². The molecule has 1 N–H and O–H groups in total. The second-order valence-corrected chi connectivity index (χ2v) is 3.19. The third-order valence-electron chi connectivity index (χ3n) is 2.22. The lowest BCUT2D eigenvalue weighted by atomic mass is 10.0. The third-order valence-corrected chi connectivity index (χ3v) is 2.22. The topological polar surface area (TPSA) is 24.4 Å². The first kappa shape index (κ1) is 8.72. The summed E-state index contributed by atoms with van der Waals surface area (Å²) in [5.41, 5.74) is 1.35. The highest BCUT2D eigenvalue weighted by atomic mass is 15.0. The molecule has 11 heavy (non-hydrogen) atoms. The Morgan fingerprint density at radius 3 is 2.82 bits per heavy atom. The molecule has 2 nitrogen and oxygen atoms in total. The van der Waals surface area contributed by atoms with E-state index in [-0.39, 0.29) is 0 Å². The highest BCUT2D eigenvalue weighted by molar-refractivity contribution is 5.90. The Bertz CT molecular complexity index is 152. The van der Waals surface area contributed by atoms with Gasteiger partial charge in [-0.25, -0.2) is 0 Å². The zero-order chi connectivity index (χ0) is 8.27. The normalized spacial score (nSPS) is 31.7. The van der Waals surface area contributed by atoms with Crippen LogP contribution in [0.3, 0.4) is 0 Å². The van der Waals surface area contributed by atoms with Gasteiger partial charge in [0.2, 0.25) is 0 Å². The van der Waals surface area contributed by atoms with Gasteiger partial charge in [0.05, 0.1) is 6.04 Å². The maximum atomic E-state index is 4.61. The van der Waals surface area contributed by atoms with Crippen molar-refractivity contribution in [2.45, 2.75) is 45.7 Å². The van der Waals surface area contributed by atoms with Gasteiger partial charge in [0.25, 0.3) is 0 Å². The summed E-state index contributed by atoms with van der Waals surface area (Å²) in [6.45, 7) is 7.59. The van der Waals surface area contributed by atoms with Crippen LogP contribution in [0.1, 0.15) is 33.6 Å². The Hall–Kier alpha value is -0.370. The van der Waals surface area contributed by atoms with Crippen LogP contribution in [0.25, 0.3) is 0 Å². The first-order valence-electron chi connectivity index (χ1n) is 4.57. The van der Waals surface area contributed by atoms with E-state index in [1.165, 1.54) is 12.1 Å². The van der Waals surface area contributed by atoms with Crippen molar-refractivity contribution in [2.75, 3.05) is 6.54 Å². The number of hydrogen-bond donors (Lipinski definition) is 1. The molecule has 0 unspecified atom stereocenters. The Kier molecular flexibility index (Phi) is 3.06. The van der Waals surface area contributed by atoms with Crippen LogP contribution in [-0.4, -0.2) is 24.3 Å². The van der Waals surface area contributed by atoms with Crippen LogP contribution < -0.4 is 5.32 Å². The fraction of sp³-hybridized carbons (Fsp3) is 0.889. The average Bonchev–Trinajstić information content (AvgIpc) is 2.04. The Morgan fingerprint density at radius 2 is 2.27 bits per heavy atom. The van der Waals surface area contributed by atoms with Crippen molar-refractivity contribution in [2.24, 2.45) is 4.99 Å². The van der Waals surface area contributed by atoms with Gasteiger partial charge in [-0.1, -0.05) is 13.8 Å². The fourth-order valence-corrected chi connectivity index (χ4v) is 1.57. The molecule has 1 aliphatic heterocycles. The molecular formula is C9H18N2. The van der Waals surface area contributed by atoms with E-state index >= 15 is 0 Å². The van der Waals surface area contributed by atoms with Crippen molar-refractivity contribution < 1.29 is 0 Å². The van der Waals surface area contributed by atoms with Crippen LogP contribution >= 0.6 is 0 Å². The van der Waals surface area contributed by atoms with Gasteiger partial charge in [-0.3, -0.25) is 4.99 Å². The molecule has 0 amide bonds. The molecule has 0 saturated carbocycles. The van der Waals surface area contributed by atoms with Crippen molar-refractivity contribution >= 4 is 5.71 Å². The zero-order valence-corrected chi connectivity index (χ0v) is 7.72. The average molecular weight is 154 g/mol. The summed E-state index contributed by atoms with van der Waals surface area (Å²) < 4.78 is 0. The Labute approximate surface area is 69.1 Å². The lowest BCUT2D eigenvalue weighted by molar-refractivity contribution is 0.520. The molecule has 0 bridgehead atoms. The maximum Gasteiger partial charge on any atom is 0.0596 e. The minimum Gasteiger partial charge on any atom is -0.307 e. The van der Waals surface area contributed by atoms with Gasteiger partial charge in [-0.05, 0) is 19.8 Å². The molecule has 0 aromatic rings. The molecule has 0 radical (unpaired) electrons. The fourth-order valence-electron chi connectivity index (χ4n) is 1.57. The first-order chi connectivity index (χ1) is 5.27. The van der Waals surface area contributed by atoms with Gasteiger partial charge in [-0.2, -0.15) is 0 Å². The second-order valence-electron chi connectivity index (χ2n) is 3.19. The summed E-state index contributed by atoms with van der Waals surface area (Å²) in [6, 6.07) is 1.03. The summed E-state index contributed by atoms with van der Waals surface area (Å²) >= 11 is 0. The van der Waals surface area contributed by atoms with Crippen LogP contribution in [-0.2, 0) is 0 Å². The molecule has 0 aromatic carbocycles. The van der Waals surface area contributed by atoms with E-state index in [4.69, 9.17) is 0 Å². The van der Waals surface area contributed by atoms with E-state index in [1.807, 2.05) is 0 Å². The number of aliphatic imine (C=N–C) groups is 1. The predicted molar refractivity (Wildman–Crippen MR) is 49.3 cm³/mol. The van der Waals surface area contributed by atoms with E-state index in [0.717, 1.165) is 13.0 Å². The molecular weight excluding hydrogens is 136 g/mol. The van der Waals surface area contributed by atoms with E-state index < -0.39 is 0 Å². The van der Waals surface area contributed by atoms with Gasteiger partial charge in [-0.15, -0.1) is 0 Å². The summed E-state index contributed by atoms with van der Waals surface area (Å²) in [5.74, 6) is 0. The van der Waals surface area contributed by atoms with Gasteiger partial charge in [0, 0.05) is 18.3 Å². The SMILES string of the molecule is CCC1=N[C@@H](C)CN[C@@H]1CC. The smallest absolute Gasteiger partial charge is 0.0596 e. The van der Waals surface area contributed by atoms with Crippen molar-refractivity contribution in [3.05, 3.63) is 0 Å². The third kappa shape index (κ3) is 2.03. The zero-order valence-electron chi connectivity index (χ0n) is 7.72. The molecule has 0 saturated heterocycles. The van der Waals surface area contributed by atoms with Crippen molar-refractivity contribution in [1.29, 1.82) is 0 Å². The number of hydrogen-bond acceptors (Lipinski definition) is 2. The maximum absolute atomic E-state index is 4.61. The first-order valence-corrected chi connectivity index (χ1v) is 4.57. The van der Waals surface area contributed by atoms with Crippen LogP contribution in [0.5, 0.6) is 0 Å². The number of nitrogens with one attached hydrogen (secondary N) is 1. The Morgan fingerprint density at radius 1 is 1.55 bits per heavy atom. The molecule has 0 fully saturated rings. The molecule has 1 rings (SSSR count). The molecule has 1 heterocycles. The summed E-state index contributed by atoms with van der Waals surface area (Å²) in [6.07, 6.45) is 2.26. The van der Waals surface area contributed by atoms with Gasteiger partial charge in [0.15, 0.2) is 0 Å². The number of nitrogens with zero attached hydrogens (tertiary/aromatic N) is 1. The van der Waals surface area contributed by atoms with Crippen molar-refractivity contribution in [1.82, 2.24) is 5.32 Å². The second kappa shape index (κ2) is 3.86. The number of rotatable bonds is 2. The molecule has 64 valence electrons. The van der Waals surface area contributed by atoms with Crippen LogP contribution in [0, 0.1) is 0 Å². The van der Waals surface area contributed by atoms with Crippen LogP contribution in [0.15, 0.2) is 4.99 Å². The highest BCUT2D eigenvalue weighted by Gasteiger charge is 2.17. The van der Waals surface area contributed by atoms with Gasteiger partial charge >= 0.3 is 0 Å². The minimum absolute atomic E-state index is 0.479. The lowest BCUT2D eigenvalue weighted by Crippen LogP contribution is -2.44. The monoisotopic (exact) mass is 154 g/mol. The van der Waals surface area contributed by atoms with Gasteiger partial charge < -0.3 is 5.32 Å². The summed E-state index contributed by atoms with van der Waals surface area (Å²) in [4.78, 5) is 4.61. The lowest BCUT2D eigenvalue weighted by Gasteiger charge is -2.26. The van der Waals surface area contributed by atoms with Crippen molar-refractivity contribution in [3.63, 3.8) is 0 Å². The Balaban J connectivity index is 2.63. The molecule has 0 spiro atoms. The quantitative estimate of drug-likeness (QED) is 0.642. The molecule has 0 aromatic heterocycles. The molecule has 1 aliphatic rings. The van der Waals surface area contributed by atoms with E-state index in [0.29, 0.717) is 12.1 Å². The minimum atomic E-state index is 0.479. The van der Waals surface area contributed by atoms with Gasteiger partial charge in [0.1, 0.15) is 0 Å².